The lowest BCUT2D eigenvalue weighted by atomic mass is 10.0. The molecule has 0 aliphatic carbocycles. The number of hydrogen-bond donors (Lipinski definition) is 0. The molecule has 0 amide bonds. The molecule has 0 fully saturated rings. The van der Waals surface area contributed by atoms with Crippen LogP contribution in [0.5, 0.6) is 0 Å². The highest BCUT2D eigenvalue weighted by Gasteiger charge is 2.52. The molecule has 182 valence electrons. The van der Waals surface area contributed by atoms with Crippen LogP contribution in [0.25, 0.3) is 0 Å². The van der Waals surface area contributed by atoms with E-state index in [-0.39, 0.29) is 0 Å². The van der Waals surface area contributed by atoms with Crippen molar-refractivity contribution in [2.24, 2.45) is 0 Å². The summed E-state index contributed by atoms with van der Waals surface area (Å²) >= 11 is 0. The summed E-state index contributed by atoms with van der Waals surface area (Å²) in [6.07, 6.45) is 29.7. The minimum absolute atomic E-state index is 0.506. The smallest absolute Gasteiger partial charge is 0.376 e. The van der Waals surface area contributed by atoms with Gasteiger partial charge >= 0.3 is 8.03 Å². The van der Waals surface area contributed by atoms with Crippen LogP contribution in [-0.4, -0.2) is 30.9 Å². The first-order valence-corrected chi connectivity index (χ1v) is 14.3. The van der Waals surface area contributed by atoms with E-state index in [0.717, 1.165) is 19.3 Å². The quantitative estimate of drug-likeness (QED) is 0.0757. The Morgan fingerprint density at radius 3 is 1.45 bits per heavy atom. The number of rotatable bonds is 21. The van der Waals surface area contributed by atoms with Crippen LogP contribution in [0.15, 0.2) is 24.3 Å². The van der Waals surface area contributed by atoms with Crippen LogP contribution in [0.2, 0.25) is 0 Å². The summed E-state index contributed by atoms with van der Waals surface area (Å²) in [4.78, 5) is 11.9. The van der Waals surface area contributed by atoms with Gasteiger partial charge in [0.25, 0.3) is 5.28 Å². The molecule has 31 heavy (non-hydrogen) atoms. The Hall–Kier alpha value is -0.500. The van der Waals surface area contributed by atoms with Gasteiger partial charge in [0.05, 0.1) is 21.1 Å². The third kappa shape index (κ3) is 14.3. The van der Waals surface area contributed by atoms with Crippen LogP contribution in [0, 0.1) is 0 Å². The zero-order valence-electron chi connectivity index (χ0n) is 21.5. The molecular formula is C27H53NO2P+. The average Bonchev–Trinajstić information content (AvgIpc) is 2.71. The lowest BCUT2D eigenvalue weighted by molar-refractivity contribution is -0.910. The Balaban J connectivity index is 3.61. The molecule has 0 spiro atoms. The molecule has 2 unspecified atom stereocenters. The minimum atomic E-state index is -2.42. The maximum atomic E-state index is 11.9. The number of unbranched alkanes of at least 4 members (excludes halogenated alkanes) is 12. The van der Waals surface area contributed by atoms with Crippen molar-refractivity contribution in [3.63, 3.8) is 0 Å². The molecule has 4 heteroatoms. The van der Waals surface area contributed by atoms with E-state index in [4.69, 9.17) is 0 Å². The van der Waals surface area contributed by atoms with Gasteiger partial charge in [0.15, 0.2) is 0 Å². The third-order valence-electron chi connectivity index (χ3n) is 6.65. The zero-order valence-corrected chi connectivity index (χ0v) is 22.4. The molecule has 0 radical (unpaired) electrons. The second-order valence-electron chi connectivity index (χ2n) is 9.99. The molecule has 2 atom stereocenters. The van der Waals surface area contributed by atoms with E-state index < -0.39 is 13.3 Å². The topological polar surface area (TPSA) is 40.1 Å². The monoisotopic (exact) mass is 454 g/mol. The Kier molecular flexibility index (Phi) is 18.7. The molecule has 0 saturated heterocycles. The lowest BCUT2D eigenvalue weighted by Crippen LogP contribution is -2.55. The van der Waals surface area contributed by atoms with Crippen LogP contribution in [-0.2, 0) is 4.57 Å². The summed E-state index contributed by atoms with van der Waals surface area (Å²) < 4.78 is 12.4. The fraction of sp³-hybridized carbons (Fsp3) is 0.852. The summed E-state index contributed by atoms with van der Waals surface area (Å²) in [7, 11) is 3.61. The highest BCUT2D eigenvalue weighted by Crippen LogP contribution is 2.44. The van der Waals surface area contributed by atoms with Gasteiger partial charge in [-0.1, -0.05) is 87.7 Å². The van der Waals surface area contributed by atoms with Crippen molar-refractivity contribution in [2.75, 3.05) is 21.1 Å². The molecule has 0 aromatic rings. The van der Waals surface area contributed by atoms with Crippen LogP contribution < -0.4 is 4.89 Å². The van der Waals surface area contributed by atoms with Crippen molar-refractivity contribution in [2.45, 2.75) is 128 Å². The molecule has 0 aromatic carbocycles. The van der Waals surface area contributed by atoms with E-state index in [0.29, 0.717) is 10.9 Å². The normalized spacial score (nSPS) is 15.1. The molecule has 0 aromatic heterocycles. The van der Waals surface area contributed by atoms with E-state index in [1.165, 1.54) is 83.5 Å². The van der Waals surface area contributed by atoms with Crippen LogP contribution in [0.4, 0.5) is 0 Å². The predicted molar refractivity (Wildman–Crippen MR) is 136 cm³/mol. The molecule has 0 aliphatic heterocycles. The minimum Gasteiger partial charge on any atom is -0.590 e. The number of hydrogen-bond acceptors (Lipinski definition) is 2. The van der Waals surface area contributed by atoms with Crippen LogP contribution in [0.3, 0.4) is 0 Å². The molecule has 0 N–H and O–H groups in total. The first-order valence-electron chi connectivity index (χ1n) is 13.1. The standard InChI is InChI=1S/C27H53NO2P/c1-6-8-9-10-11-12-13-14-15-16-17-18-19-20-21-22-23-24-25-26-27(7-2,31(29)30)28(3,4)5/h10-11,16-17H,6-9,12-15,18-26H2,1-5H3/q+1/b11-10-,17-16-. The zero-order chi connectivity index (χ0) is 23.4. The SMILES string of the molecule is CCCC/C=C\CCCC/C=C\CCCCCCCCCC(CC)([P+](=O)[O-])[N+](C)(C)C. The number of quaternary nitrogens is 1. The highest BCUT2D eigenvalue weighted by atomic mass is 31.1. The first-order chi connectivity index (χ1) is 14.8. The Morgan fingerprint density at radius 1 is 0.677 bits per heavy atom. The lowest BCUT2D eigenvalue weighted by Gasteiger charge is -2.39. The molecular weight excluding hydrogens is 401 g/mol. The number of nitrogens with zero attached hydrogens (tertiary/aromatic N) is 1. The average molecular weight is 455 g/mol. The number of allylic oxidation sites excluding steroid dienone is 4. The fourth-order valence-corrected chi connectivity index (χ4v) is 5.41. The van der Waals surface area contributed by atoms with Gasteiger partial charge < -0.3 is 4.89 Å². The predicted octanol–water partition coefficient (Wildman–Crippen LogP) is 8.28. The molecule has 0 saturated carbocycles. The summed E-state index contributed by atoms with van der Waals surface area (Å²) in [5.74, 6) is 0. The van der Waals surface area contributed by atoms with Gasteiger partial charge in [-0.15, -0.1) is 0 Å². The summed E-state index contributed by atoms with van der Waals surface area (Å²) in [5.41, 5.74) is 0. The van der Waals surface area contributed by atoms with Gasteiger partial charge in [0, 0.05) is 12.8 Å². The molecule has 0 bridgehead atoms. The van der Waals surface area contributed by atoms with E-state index in [9.17, 15) is 9.46 Å². The fourth-order valence-electron chi connectivity index (χ4n) is 4.32. The van der Waals surface area contributed by atoms with Crippen LogP contribution in [0.1, 0.15) is 123 Å². The van der Waals surface area contributed by atoms with Crippen molar-refractivity contribution in [1.82, 2.24) is 0 Å². The van der Waals surface area contributed by atoms with E-state index in [1.807, 2.05) is 28.1 Å². The Bertz CT molecular complexity index is 496. The summed E-state index contributed by atoms with van der Waals surface area (Å²) in [6, 6.07) is 0. The van der Waals surface area contributed by atoms with Crippen molar-refractivity contribution < 1.29 is 13.9 Å². The Morgan fingerprint density at radius 2 is 1.06 bits per heavy atom. The molecule has 0 aliphatic rings. The summed E-state index contributed by atoms with van der Waals surface area (Å²) in [5, 5.41) is -0.604. The Labute approximate surface area is 195 Å². The van der Waals surface area contributed by atoms with Gasteiger partial charge in [-0.25, -0.2) is 0 Å². The van der Waals surface area contributed by atoms with Gasteiger partial charge in [-0.3, -0.25) is 4.48 Å². The van der Waals surface area contributed by atoms with E-state index in [1.54, 1.807) is 0 Å². The van der Waals surface area contributed by atoms with Gasteiger partial charge in [0.2, 0.25) is 0 Å². The maximum Gasteiger partial charge on any atom is 0.376 e. The van der Waals surface area contributed by atoms with E-state index in [2.05, 4.69) is 31.2 Å². The van der Waals surface area contributed by atoms with Gasteiger partial charge in [-0.05, 0) is 51.4 Å². The summed E-state index contributed by atoms with van der Waals surface area (Å²) in [6.45, 7) is 4.26. The first kappa shape index (κ1) is 30.5. The molecule has 0 rings (SSSR count). The maximum absolute atomic E-state index is 11.9. The van der Waals surface area contributed by atoms with Crippen molar-refractivity contribution in [3.8, 4) is 0 Å². The largest absolute Gasteiger partial charge is 0.590 e. The van der Waals surface area contributed by atoms with Crippen molar-refractivity contribution in [3.05, 3.63) is 24.3 Å². The third-order valence-corrected chi connectivity index (χ3v) is 8.47. The van der Waals surface area contributed by atoms with Gasteiger partial charge in [0.1, 0.15) is 0 Å². The van der Waals surface area contributed by atoms with Crippen LogP contribution >= 0.6 is 8.03 Å². The molecule has 3 nitrogen and oxygen atoms in total. The highest BCUT2D eigenvalue weighted by molar-refractivity contribution is 7.38. The second-order valence-corrected chi connectivity index (χ2v) is 11.3. The van der Waals surface area contributed by atoms with E-state index >= 15 is 0 Å². The van der Waals surface area contributed by atoms with Gasteiger partial charge in [-0.2, -0.15) is 0 Å². The second kappa shape index (κ2) is 19.0. The van der Waals surface area contributed by atoms with Crippen molar-refractivity contribution in [1.29, 1.82) is 0 Å². The molecule has 0 heterocycles. The van der Waals surface area contributed by atoms with Crippen molar-refractivity contribution >= 4 is 8.03 Å².